The number of rotatable bonds is 3. The fourth-order valence-electron chi connectivity index (χ4n) is 2.95. The van der Waals surface area contributed by atoms with Crippen molar-refractivity contribution in [1.82, 2.24) is 4.90 Å². The number of carbonyl (C=O) groups is 2. The number of anilines is 1. The smallest absolute Gasteiger partial charge is 0.288 e. The van der Waals surface area contributed by atoms with Gasteiger partial charge in [0.25, 0.3) is 5.78 Å². The summed E-state index contributed by atoms with van der Waals surface area (Å²) >= 11 is 5.91. The highest BCUT2D eigenvalue weighted by molar-refractivity contribution is 7.91. The van der Waals surface area contributed by atoms with Gasteiger partial charge in [0.1, 0.15) is 5.82 Å². The van der Waals surface area contributed by atoms with Gasteiger partial charge in [0.15, 0.2) is 9.84 Å². The van der Waals surface area contributed by atoms with Crippen LogP contribution in [0.15, 0.2) is 12.1 Å². The zero-order chi connectivity index (χ0) is 16.9. The molecule has 0 radical (unpaired) electrons. The molecule has 9 heteroatoms. The Labute approximate surface area is 137 Å². The van der Waals surface area contributed by atoms with Crippen LogP contribution in [0.4, 0.5) is 10.1 Å². The van der Waals surface area contributed by atoms with Gasteiger partial charge < -0.3 is 0 Å². The molecular formula is C14H14ClFN2O4S. The SMILES string of the molecule is CN(CN1C(=O)C(=O)c2c(Cl)ccc(F)c21)[C@@H]1CCS(=O)(=O)C1. The molecule has 23 heavy (non-hydrogen) atoms. The van der Waals surface area contributed by atoms with Gasteiger partial charge in [0.2, 0.25) is 0 Å². The summed E-state index contributed by atoms with van der Waals surface area (Å²) in [5.74, 6) is -2.34. The average molecular weight is 361 g/mol. The molecular weight excluding hydrogens is 347 g/mol. The third-order valence-electron chi connectivity index (χ3n) is 4.21. The third-order valence-corrected chi connectivity index (χ3v) is 6.28. The minimum atomic E-state index is -3.08. The van der Waals surface area contributed by atoms with Gasteiger partial charge in [-0.3, -0.25) is 19.4 Å². The van der Waals surface area contributed by atoms with Crippen LogP contribution in [0.2, 0.25) is 5.02 Å². The summed E-state index contributed by atoms with van der Waals surface area (Å²) < 4.78 is 37.2. The quantitative estimate of drug-likeness (QED) is 0.754. The summed E-state index contributed by atoms with van der Waals surface area (Å²) in [5, 5.41) is 0.0216. The lowest BCUT2D eigenvalue weighted by Crippen LogP contribution is -2.44. The Balaban J connectivity index is 1.89. The van der Waals surface area contributed by atoms with Gasteiger partial charge >= 0.3 is 5.91 Å². The molecule has 2 heterocycles. The first-order valence-electron chi connectivity index (χ1n) is 6.96. The second kappa shape index (κ2) is 5.54. The van der Waals surface area contributed by atoms with Gasteiger partial charge in [-0.15, -0.1) is 0 Å². The summed E-state index contributed by atoms with van der Waals surface area (Å²) in [5.41, 5.74) is -0.274. The number of amides is 1. The van der Waals surface area contributed by atoms with E-state index in [1.807, 2.05) is 0 Å². The number of nitrogens with zero attached hydrogens (tertiary/aromatic N) is 2. The van der Waals surface area contributed by atoms with E-state index >= 15 is 0 Å². The van der Waals surface area contributed by atoms with Crippen LogP contribution in [0, 0.1) is 5.82 Å². The van der Waals surface area contributed by atoms with E-state index in [0.717, 1.165) is 11.0 Å². The molecule has 0 bridgehead atoms. The van der Waals surface area contributed by atoms with Gasteiger partial charge in [-0.2, -0.15) is 0 Å². The number of carbonyl (C=O) groups excluding carboxylic acids is 2. The molecule has 0 aliphatic carbocycles. The summed E-state index contributed by atoms with van der Waals surface area (Å²) in [7, 11) is -1.44. The van der Waals surface area contributed by atoms with Gasteiger partial charge in [-0.1, -0.05) is 11.6 Å². The van der Waals surface area contributed by atoms with Crippen LogP contribution in [-0.4, -0.2) is 56.3 Å². The highest BCUT2D eigenvalue weighted by Crippen LogP contribution is 2.36. The van der Waals surface area contributed by atoms with Gasteiger partial charge in [0, 0.05) is 6.04 Å². The molecule has 0 aromatic heterocycles. The second-order valence-corrected chi connectivity index (χ2v) is 8.41. The van der Waals surface area contributed by atoms with Gasteiger partial charge in [-0.25, -0.2) is 12.8 Å². The largest absolute Gasteiger partial charge is 0.300 e. The number of hydrogen-bond donors (Lipinski definition) is 0. The van der Waals surface area contributed by atoms with E-state index in [9.17, 15) is 22.4 Å². The molecule has 2 aliphatic rings. The Bertz CT molecular complexity index is 811. The molecule has 3 rings (SSSR count). The predicted octanol–water partition coefficient (Wildman–Crippen LogP) is 1.08. The van der Waals surface area contributed by atoms with Crippen molar-refractivity contribution in [2.45, 2.75) is 12.5 Å². The number of ketones is 1. The lowest BCUT2D eigenvalue weighted by Gasteiger charge is -2.28. The lowest BCUT2D eigenvalue weighted by molar-refractivity contribution is -0.114. The number of Topliss-reactive ketones (excluding diaryl/α,β-unsaturated/α-hetero) is 1. The molecule has 0 spiro atoms. The van der Waals surface area contributed by atoms with Crippen LogP contribution in [-0.2, 0) is 14.6 Å². The summed E-state index contributed by atoms with van der Waals surface area (Å²) in [6.07, 6.45) is 0.444. The molecule has 124 valence electrons. The van der Waals surface area contributed by atoms with Gasteiger partial charge in [-0.05, 0) is 25.6 Å². The van der Waals surface area contributed by atoms with E-state index in [1.165, 1.54) is 6.07 Å². The first-order chi connectivity index (χ1) is 10.7. The topological polar surface area (TPSA) is 74.8 Å². The van der Waals surface area contributed by atoms with Gasteiger partial charge in [0.05, 0.1) is 34.4 Å². The molecule has 1 amide bonds. The summed E-state index contributed by atoms with van der Waals surface area (Å²) in [6, 6.07) is 2.06. The Hall–Kier alpha value is -1.51. The molecule has 0 unspecified atom stereocenters. The van der Waals surface area contributed by atoms with Crippen molar-refractivity contribution in [2.75, 3.05) is 30.1 Å². The highest BCUT2D eigenvalue weighted by Gasteiger charge is 2.41. The van der Waals surface area contributed by atoms with Crippen molar-refractivity contribution >= 4 is 38.8 Å². The minimum absolute atomic E-state index is 0.00956. The molecule has 1 aromatic carbocycles. The van der Waals surface area contributed by atoms with Crippen LogP contribution in [0.1, 0.15) is 16.8 Å². The van der Waals surface area contributed by atoms with E-state index in [-0.39, 0.29) is 40.5 Å². The maximum Gasteiger partial charge on any atom is 0.300 e. The van der Waals surface area contributed by atoms with Crippen molar-refractivity contribution in [1.29, 1.82) is 0 Å². The maximum absolute atomic E-state index is 14.1. The van der Waals surface area contributed by atoms with Crippen molar-refractivity contribution in [3.63, 3.8) is 0 Å². The molecule has 0 saturated carbocycles. The molecule has 1 atom stereocenters. The minimum Gasteiger partial charge on any atom is -0.288 e. The van der Waals surface area contributed by atoms with Crippen molar-refractivity contribution in [2.24, 2.45) is 0 Å². The number of halogens is 2. The van der Waals surface area contributed by atoms with Crippen molar-refractivity contribution in [3.05, 3.63) is 28.5 Å². The summed E-state index contributed by atoms with van der Waals surface area (Å²) in [6.45, 7) is -0.0744. The second-order valence-electron chi connectivity index (χ2n) is 5.77. The fourth-order valence-corrected chi connectivity index (χ4v) is 4.99. The Morgan fingerprint density at radius 2 is 2.09 bits per heavy atom. The molecule has 1 fully saturated rings. The van der Waals surface area contributed by atoms with E-state index < -0.39 is 27.3 Å². The number of benzene rings is 1. The van der Waals surface area contributed by atoms with E-state index in [2.05, 4.69) is 0 Å². The van der Waals surface area contributed by atoms with Crippen LogP contribution < -0.4 is 4.90 Å². The summed E-state index contributed by atoms with van der Waals surface area (Å²) in [4.78, 5) is 26.8. The normalized spacial score (nSPS) is 23.0. The van der Waals surface area contributed by atoms with Crippen LogP contribution in [0.5, 0.6) is 0 Å². The van der Waals surface area contributed by atoms with Crippen molar-refractivity contribution in [3.8, 4) is 0 Å². The predicted molar refractivity (Wildman–Crippen MR) is 82.9 cm³/mol. The number of hydrogen-bond acceptors (Lipinski definition) is 5. The Morgan fingerprint density at radius 3 is 2.70 bits per heavy atom. The number of sulfone groups is 1. The van der Waals surface area contributed by atoms with Crippen LogP contribution in [0.25, 0.3) is 0 Å². The molecule has 1 saturated heterocycles. The molecule has 0 N–H and O–H groups in total. The van der Waals surface area contributed by atoms with E-state index in [1.54, 1.807) is 11.9 Å². The van der Waals surface area contributed by atoms with Crippen LogP contribution in [0.3, 0.4) is 0 Å². The number of fused-ring (bicyclic) bond motifs is 1. The maximum atomic E-state index is 14.1. The van der Waals surface area contributed by atoms with E-state index in [4.69, 9.17) is 11.6 Å². The first kappa shape index (κ1) is 16.4. The Kier molecular flexibility index (Phi) is 3.94. The average Bonchev–Trinajstić information content (AvgIpc) is 2.96. The standard InChI is InChI=1S/C14H14ClFN2O4S/c1-17(8-4-5-23(21,22)6-8)7-18-12-10(16)3-2-9(15)11(12)13(19)14(18)20/h2-3,8H,4-7H2,1H3/t8-/m1/s1. The zero-order valence-electron chi connectivity index (χ0n) is 12.3. The Morgan fingerprint density at radius 1 is 1.39 bits per heavy atom. The lowest BCUT2D eigenvalue weighted by atomic mass is 10.1. The third kappa shape index (κ3) is 2.75. The molecule has 1 aromatic rings. The monoisotopic (exact) mass is 360 g/mol. The fraction of sp³-hybridized carbons (Fsp3) is 0.429. The van der Waals surface area contributed by atoms with Crippen molar-refractivity contribution < 1.29 is 22.4 Å². The van der Waals surface area contributed by atoms with Crippen LogP contribution >= 0.6 is 11.6 Å². The highest BCUT2D eigenvalue weighted by atomic mass is 35.5. The zero-order valence-corrected chi connectivity index (χ0v) is 13.8. The molecule has 2 aliphatic heterocycles. The first-order valence-corrected chi connectivity index (χ1v) is 9.16. The van der Waals surface area contributed by atoms with E-state index in [0.29, 0.717) is 6.42 Å². The molecule has 6 nitrogen and oxygen atoms in total.